The molecular weight excluding hydrogens is 262 g/mol. The zero-order chi connectivity index (χ0) is 15.7. The predicted molar refractivity (Wildman–Crippen MR) is 73.1 cm³/mol. The van der Waals surface area contributed by atoms with Crippen molar-refractivity contribution in [2.75, 3.05) is 6.54 Å². The molecule has 0 heterocycles. The van der Waals surface area contributed by atoms with Crippen LogP contribution in [0.1, 0.15) is 46.5 Å². The summed E-state index contributed by atoms with van der Waals surface area (Å²) in [5.74, 6) is -2.25. The van der Waals surface area contributed by atoms with Gasteiger partial charge in [0.2, 0.25) is 5.91 Å². The van der Waals surface area contributed by atoms with Crippen LogP contribution < -0.4 is 5.32 Å². The second-order valence-electron chi connectivity index (χ2n) is 5.01. The normalized spacial score (nSPS) is 13.3. The lowest BCUT2D eigenvalue weighted by Gasteiger charge is -2.14. The van der Waals surface area contributed by atoms with Crippen molar-refractivity contribution >= 4 is 23.4 Å². The Morgan fingerprint density at radius 1 is 1.20 bits per heavy atom. The third kappa shape index (κ3) is 7.66. The van der Waals surface area contributed by atoms with Gasteiger partial charge in [-0.3, -0.25) is 19.2 Å². The van der Waals surface area contributed by atoms with Crippen LogP contribution in [-0.2, 0) is 19.2 Å². The summed E-state index contributed by atoms with van der Waals surface area (Å²) >= 11 is 0. The Labute approximate surface area is 118 Å². The van der Waals surface area contributed by atoms with E-state index in [9.17, 15) is 19.2 Å². The van der Waals surface area contributed by atoms with Gasteiger partial charge >= 0.3 is 5.97 Å². The lowest BCUT2D eigenvalue weighted by Crippen LogP contribution is -2.35. The molecule has 0 aliphatic heterocycles. The Balaban J connectivity index is 4.15. The van der Waals surface area contributed by atoms with E-state index in [2.05, 4.69) is 5.32 Å². The smallest absolute Gasteiger partial charge is 0.303 e. The second kappa shape index (κ2) is 9.23. The molecule has 0 bridgehead atoms. The molecule has 0 saturated carbocycles. The lowest BCUT2D eigenvalue weighted by molar-refractivity contribution is -0.137. The first-order chi connectivity index (χ1) is 9.27. The van der Waals surface area contributed by atoms with Gasteiger partial charge in [0.25, 0.3) is 0 Å². The van der Waals surface area contributed by atoms with Gasteiger partial charge in [0.15, 0.2) is 5.78 Å². The molecule has 0 rings (SSSR count). The summed E-state index contributed by atoms with van der Waals surface area (Å²) in [6.07, 6.45) is 0.829. The van der Waals surface area contributed by atoms with Gasteiger partial charge in [0.05, 0.1) is 6.54 Å². The number of nitrogens with one attached hydrogen (secondary N) is 1. The van der Waals surface area contributed by atoms with Crippen LogP contribution in [0.25, 0.3) is 0 Å². The molecule has 0 unspecified atom stereocenters. The Kier molecular flexibility index (Phi) is 8.43. The van der Waals surface area contributed by atoms with Crippen LogP contribution in [-0.4, -0.2) is 35.1 Å². The van der Waals surface area contributed by atoms with Gasteiger partial charge in [-0.15, -0.1) is 0 Å². The topological polar surface area (TPSA) is 101 Å². The van der Waals surface area contributed by atoms with Gasteiger partial charge in [-0.2, -0.15) is 0 Å². The van der Waals surface area contributed by atoms with E-state index < -0.39 is 11.9 Å². The molecule has 6 heteroatoms. The summed E-state index contributed by atoms with van der Waals surface area (Å²) < 4.78 is 0. The largest absolute Gasteiger partial charge is 0.481 e. The number of carbonyl (C=O) groups excluding carboxylic acids is 3. The number of hydrogen-bond acceptors (Lipinski definition) is 4. The summed E-state index contributed by atoms with van der Waals surface area (Å²) in [7, 11) is 0. The number of amides is 1. The van der Waals surface area contributed by atoms with Gasteiger partial charge in [-0.05, 0) is 19.8 Å². The number of hydrogen-bond donors (Lipinski definition) is 2. The van der Waals surface area contributed by atoms with Gasteiger partial charge in [0, 0.05) is 24.7 Å². The highest BCUT2D eigenvalue weighted by atomic mass is 16.4. The quantitative estimate of drug-likeness (QED) is 0.627. The Hall–Kier alpha value is -1.72. The van der Waals surface area contributed by atoms with Crippen LogP contribution in [0.4, 0.5) is 0 Å². The maximum Gasteiger partial charge on any atom is 0.303 e. The molecule has 0 spiro atoms. The minimum atomic E-state index is -0.942. The Morgan fingerprint density at radius 2 is 1.80 bits per heavy atom. The average Bonchev–Trinajstić information content (AvgIpc) is 2.36. The molecule has 0 aromatic heterocycles. The van der Waals surface area contributed by atoms with E-state index in [1.54, 1.807) is 13.8 Å². The monoisotopic (exact) mass is 285 g/mol. The van der Waals surface area contributed by atoms with E-state index in [-0.39, 0.29) is 49.2 Å². The number of rotatable bonds is 10. The molecule has 0 saturated heterocycles. The van der Waals surface area contributed by atoms with Crippen molar-refractivity contribution in [2.24, 2.45) is 11.8 Å². The second-order valence-corrected chi connectivity index (χ2v) is 5.01. The summed E-state index contributed by atoms with van der Waals surface area (Å²) in [5.41, 5.74) is 0. The molecule has 0 fully saturated rings. The van der Waals surface area contributed by atoms with Crippen LogP contribution in [0.3, 0.4) is 0 Å². The van der Waals surface area contributed by atoms with Crippen LogP contribution in [0.5, 0.6) is 0 Å². The number of Topliss-reactive ketones (excluding diaryl/α,β-unsaturated/α-hetero) is 2. The van der Waals surface area contributed by atoms with Gasteiger partial charge < -0.3 is 10.4 Å². The molecule has 114 valence electrons. The van der Waals surface area contributed by atoms with Gasteiger partial charge in [-0.25, -0.2) is 0 Å². The molecule has 0 aromatic carbocycles. The third-order valence-corrected chi connectivity index (χ3v) is 3.26. The first kappa shape index (κ1) is 18.3. The van der Waals surface area contributed by atoms with E-state index in [0.717, 1.165) is 0 Å². The van der Waals surface area contributed by atoms with Gasteiger partial charge in [0.1, 0.15) is 5.78 Å². The maximum absolute atomic E-state index is 11.8. The highest BCUT2D eigenvalue weighted by molar-refractivity contribution is 5.90. The first-order valence-electron chi connectivity index (χ1n) is 6.79. The van der Waals surface area contributed by atoms with E-state index >= 15 is 0 Å². The number of carbonyl (C=O) groups is 4. The molecule has 6 nitrogen and oxygen atoms in total. The minimum absolute atomic E-state index is 0.0578. The first-order valence-corrected chi connectivity index (χ1v) is 6.79. The zero-order valence-electron chi connectivity index (χ0n) is 12.3. The lowest BCUT2D eigenvalue weighted by atomic mass is 9.98. The van der Waals surface area contributed by atoms with Crippen LogP contribution in [0.15, 0.2) is 0 Å². The van der Waals surface area contributed by atoms with E-state index in [4.69, 9.17) is 5.11 Å². The molecule has 2 atom stereocenters. The Bertz CT molecular complexity index is 378. The van der Waals surface area contributed by atoms with Crippen molar-refractivity contribution in [1.29, 1.82) is 0 Å². The van der Waals surface area contributed by atoms with Crippen LogP contribution >= 0.6 is 0 Å². The molecule has 0 aromatic rings. The van der Waals surface area contributed by atoms with E-state index in [1.807, 2.05) is 0 Å². The summed E-state index contributed by atoms with van der Waals surface area (Å²) in [6, 6.07) is 0. The zero-order valence-corrected chi connectivity index (χ0v) is 12.3. The Morgan fingerprint density at radius 3 is 2.25 bits per heavy atom. The fourth-order valence-electron chi connectivity index (χ4n) is 1.71. The maximum atomic E-state index is 11.8. The highest BCUT2D eigenvalue weighted by Crippen LogP contribution is 2.11. The van der Waals surface area contributed by atoms with Crippen LogP contribution in [0, 0.1) is 11.8 Å². The molecule has 2 N–H and O–H groups in total. The third-order valence-electron chi connectivity index (χ3n) is 3.26. The van der Waals surface area contributed by atoms with Crippen molar-refractivity contribution < 1.29 is 24.3 Å². The molecule has 0 aliphatic rings. The SMILES string of the molecule is CC[C@@H](CCC(=O)O)C(=O)NCC(=O)C[C@@H](C)C(C)=O. The molecular formula is C14H23NO5. The standard InChI is InChI=1S/C14H23NO5/c1-4-11(5-6-13(18)19)14(20)15-8-12(17)7-9(2)10(3)16/h9,11H,4-8H2,1-3H3,(H,15,20)(H,18,19)/t9-,11+/m1/s1. The van der Waals surface area contributed by atoms with E-state index in [1.165, 1.54) is 6.92 Å². The summed E-state index contributed by atoms with van der Waals surface area (Å²) in [6.45, 7) is 4.78. The molecule has 0 aliphatic carbocycles. The van der Waals surface area contributed by atoms with Crippen LogP contribution in [0.2, 0.25) is 0 Å². The van der Waals surface area contributed by atoms with E-state index in [0.29, 0.717) is 6.42 Å². The van der Waals surface area contributed by atoms with Crippen molar-refractivity contribution in [2.45, 2.75) is 46.5 Å². The average molecular weight is 285 g/mol. The summed E-state index contributed by atoms with van der Waals surface area (Å²) in [5, 5.41) is 11.1. The van der Waals surface area contributed by atoms with Crippen molar-refractivity contribution in [1.82, 2.24) is 5.32 Å². The van der Waals surface area contributed by atoms with Crippen molar-refractivity contribution in [3.05, 3.63) is 0 Å². The number of aliphatic carboxylic acids is 1. The highest BCUT2D eigenvalue weighted by Gasteiger charge is 2.19. The van der Waals surface area contributed by atoms with Crippen molar-refractivity contribution in [3.63, 3.8) is 0 Å². The molecule has 1 amide bonds. The number of carboxylic acids is 1. The predicted octanol–water partition coefficient (Wildman–Crippen LogP) is 1.18. The summed E-state index contributed by atoms with van der Waals surface area (Å²) in [4.78, 5) is 44.9. The number of carboxylic acid groups (broad SMARTS) is 1. The van der Waals surface area contributed by atoms with Crippen molar-refractivity contribution in [3.8, 4) is 0 Å². The fraction of sp³-hybridized carbons (Fsp3) is 0.714. The fourth-order valence-corrected chi connectivity index (χ4v) is 1.71. The minimum Gasteiger partial charge on any atom is -0.481 e. The molecule has 0 radical (unpaired) electrons. The molecule has 20 heavy (non-hydrogen) atoms. The van der Waals surface area contributed by atoms with Gasteiger partial charge in [-0.1, -0.05) is 13.8 Å². The number of ketones is 2.